The number of aryl methyl sites for hydroxylation is 3. The first-order valence-corrected chi connectivity index (χ1v) is 33.6. The Hall–Kier alpha value is -11.3. The molecule has 0 unspecified atom stereocenters. The van der Waals surface area contributed by atoms with Crippen LogP contribution in [0, 0.1) is 20.8 Å². The molecule has 2 fully saturated rings. The molecule has 0 saturated carbocycles. The van der Waals surface area contributed by atoms with E-state index in [9.17, 15) is 41.5 Å². The average molecular weight is 1500 g/mol. The molecule has 2 aliphatic rings. The Morgan fingerprint density at radius 1 is 0.532 bits per heavy atom. The van der Waals surface area contributed by atoms with E-state index >= 15 is 0 Å². The van der Waals surface area contributed by atoms with Crippen LogP contribution >= 0.6 is 0 Å². The maximum absolute atomic E-state index is 13.7. The van der Waals surface area contributed by atoms with Gasteiger partial charge in [-0.15, -0.1) is 0 Å². The quantitative estimate of drug-likeness (QED) is 0.0303. The van der Waals surface area contributed by atoms with E-state index in [2.05, 4.69) is 57.7 Å². The Morgan fingerprint density at radius 2 is 0.899 bits per heavy atom. The molecule has 109 heavy (non-hydrogen) atoms. The molecule has 0 amide bonds. The van der Waals surface area contributed by atoms with Crippen LogP contribution in [0.25, 0.3) is 84.3 Å². The Labute approximate surface area is 650 Å². The summed E-state index contributed by atoms with van der Waals surface area (Å²) in [5, 5.41) is 10.0. The number of nitrogens with zero attached hydrogens (tertiary/aromatic N) is 13. The van der Waals surface area contributed by atoms with E-state index < -0.39 is 35.7 Å². The number of pyridine rings is 6. The molecule has 11 heterocycles. The minimum atomic E-state index is -2.58. The molecular formula is C78H81BF4N14NaO11. The number of carboxylic acids is 1. The fourth-order valence-electron chi connectivity index (χ4n) is 11.0. The Bertz CT molecular complexity index is 4940. The zero-order valence-corrected chi connectivity index (χ0v) is 62.9. The molecule has 3 radical (unpaired) electrons. The first-order chi connectivity index (χ1) is 51.2. The number of carboxylic acid groups (broad SMARTS) is 1. The van der Waals surface area contributed by atoms with E-state index in [1.807, 2.05) is 161 Å². The largest absolute Gasteiger partial charge is 1.00 e. The number of nitrogens with one attached hydrogen (secondary N) is 1. The van der Waals surface area contributed by atoms with E-state index in [1.165, 1.54) is 6.92 Å². The number of esters is 1. The second kappa shape index (κ2) is 41.7. The van der Waals surface area contributed by atoms with Crippen molar-refractivity contribution in [3.8, 4) is 50.8 Å². The first-order valence-electron chi connectivity index (χ1n) is 33.6. The number of aldehydes is 1. The van der Waals surface area contributed by atoms with Crippen molar-refractivity contribution in [1.82, 2.24) is 68.8 Å². The average Bonchev–Trinajstić information content (AvgIpc) is 1.65. The number of hydrogen-bond acceptors (Lipinski definition) is 21. The number of carbonyl (C=O) groups excluding carboxylic acids is 5. The van der Waals surface area contributed by atoms with Gasteiger partial charge in [0.15, 0.2) is 16.9 Å². The van der Waals surface area contributed by atoms with Gasteiger partial charge in [0, 0.05) is 124 Å². The van der Waals surface area contributed by atoms with E-state index in [0.29, 0.717) is 43.7 Å². The monoisotopic (exact) mass is 1500 g/mol. The van der Waals surface area contributed by atoms with Crippen LogP contribution in [-0.4, -0.2) is 157 Å². The third-order valence-electron chi connectivity index (χ3n) is 15.7. The van der Waals surface area contributed by atoms with Crippen molar-refractivity contribution >= 4 is 77.7 Å². The van der Waals surface area contributed by atoms with Crippen molar-refractivity contribution in [3.05, 3.63) is 217 Å². The van der Waals surface area contributed by atoms with Gasteiger partial charge in [0.1, 0.15) is 40.3 Å². The number of likely N-dealkylation sites (tertiary alicyclic amines) is 1. The van der Waals surface area contributed by atoms with E-state index in [1.54, 1.807) is 68.4 Å². The number of benzene rings is 3. The van der Waals surface area contributed by atoms with Crippen molar-refractivity contribution in [2.24, 2.45) is 0 Å². The minimum Gasteiger partial charge on any atom is -0.793 e. The number of rotatable bonds is 11. The molecule has 0 aliphatic carbocycles. The molecule has 9 aromatic heterocycles. The first kappa shape index (κ1) is 86.6. The number of alkyl halides is 4. The smallest absolute Gasteiger partial charge is 0.793 e. The molecule has 31 heteroatoms. The zero-order valence-electron chi connectivity index (χ0n) is 60.9. The van der Waals surface area contributed by atoms with Gasteiger partial charge in [-0.2, -0.15) is 0 Å². The topological polar surface area (TPSA) is 306 Å². The number of halogens is 4. The van der Waals surface area contributed by atoms with Crippen molar-refractivity contribution in [1.29, 1.82) is 0 Å². The third kappa shape index (κ3) is 25.7. The molecule has 3 aromatic carbocycles. The van der Waals surface area contributed by atoms with Crippen molar-refractivity contribution < 1.29 is 100 Å². The second-order valence-electron chi connectivity index (χ2n) is 24.0. The number of hydrogen-bond donors (Lipinski definition) is 2. The summed E-state index contributed by atoms with van der Waals surface area (Å²) in [5.41, 5.74) is 15.4. The van der Waals surface area contributed by atoms with Gasteiger partial charge in [0.2, 0.25) is 5.97 Å². The van der Waals surface area contributed by atoms with Crippen LogP contribution in [-0.2, 0) is 44.9 Å². The van der Waals surface area contributed by atoms with Crippen molar-refractivity contribution in [3.63, 3.8) is 0 Å². The number of aliphatic carboxylic acids is 1. The maximum atomic E-state index is 13.7. The van der Waals surface area contributed by atoms with Gasteiger partial charge in [0.05, 0.1) is 42.3 Å². The summed E-state index contributed by atoms with van der Waals surface area (Å²) in [6.07, 6.45) is 12.5. The Balaban J connectivity index is 0.000000219. The van der Waals surface area contributed by atoms with Crippen LogP contribution < -0.4 is 34.9 Å². The summed E-state index contributed by atoms with van der Waals surface area (Å²) < 4.78 is 66.3. The van der Waals surface area contributed by atoms with Gasteiger partial charge < -0.3 is 27.9 Å². The van der Waals surface area contributed by atoms with Crippen LogP contribution in [0.5, 0.6) is 0 Å². The fraction of sp³-hybridized carbons (Fsp3) is 0.269. The number of ether oxygens (including phenoxy) is 1. The summed E-state index contributed by atoms with van der Waals surface area (Å²) >= 11 is 0. The second-order valence-corrected chi connectivity index (χ2v) is 24.0. The van der Waals surface area contributed by atoms with Crippen molar-refractivity contribution in [2.75, 3.05) is 32.8 Å². The van der Waals surface area contributed by atoms with Crippen molar-refractivity contribution in [2.45, 2.75) is 107 Å². The third-order valence-corrected chi connectivity index (χ3v) is 15.7. The SMILES string of the molecule is C.CC(=O)O.CC(=O)OOC(C)=O.CCOC(=O)c1ccc(-n2c(C)nc3ccc(-c4ccncc4)nc32)cc1.Cc1nc2ccc(-c3ccncc3)nc2n1-c1ccc(C=O)cc1.Cc1nc2ccc(-c3ccncc3)nc2n1-c1ccc(CN2CCCC(F)(F)C2)cc1.FC1(F)CCCNC1.[B-]OC(C)=O.[Na+]. The van der Waals surface area contributed by atoms with Gasteiger partial charge in [-0.25, -0.2) is 71.6 Å². The molecule has 2 saturated heterocycles. The molecule has 12 aromatic rings. The summed E-state index contributed by atoms with van der Waals surface area (Å²) in [7, 11) is 4.32. The minimum absolute atomic E-state index is 0. The summed E-state index contributed by atoms with van der Waals surface area (Å²) in [6, 6.07) is 46.0. The summed E-state index contributed by atoms with van der Waals surface area (Å²) in [4.78, 5) is 111. The van der Waals surface area contributed by atoms with Gasteiger partial charge >= 0.3 is 47.5 Å². The number of carbonyl (C=O) groups is 6. The van der Waals surface area contributed by atoms with Crippen LogP contribution in [0.4, 0.5) is 17.6 Å². The van der Waals surface area contributed by atoms with Crippen LogP contribution in [0.2, 0.25) is 0 Å². The fourth-order valence-corrected chi connectivity index (χ4v) is 11.0. The van der Waals surface area contributed by atoms with Crippen LogP contribution in [0.3, 0.4) is 0 Å². The predicted octanol–water partition coefficient (Wildman–Crippen LogP) is 11.0. The molecule has 0 atom stereocenters. The molecule has 561 valence electrons. The van der Waals surface area contributed by atoms with E-state index in [0.717, 1.165) is 141 Å². The van der Waals surface area contributed by atoms with E-state index in [-0.39, 0.29) is 68.9 Å². The molecule has 2 aliphatic heterocycles. The standard InChI is InChI=1S/C24H23F2N5.C21H18N4O2.C19H14N4O.C5H9F2N.C4H6O4.C2H3BO2.C2H4O2.CH4.Na/c1-17-28-22-8-7-21(19-9-12-27-13-10-19)29-23(22)31(17)20-5-3-18(4-6-20)15-30-14-2-11-24(25,26)16-30;1-3-27-21(26)16-4-6-17(7-5-16)25-14(2)23-19-9-8-18(24-20(19)25)15-10-12-22-13-11-15;1-13-21-18-7-6-17(15-8-10-20-11-9-15)22-19(18)23(13)16-4-2-14(12-24)3-5-16;6-5(7)2-1-3-8-4-5;1-3(5)7-8-4(2)6;1-2(4)5-3;1-2(3)4;;/h3-10,12-13H,2,11,14-16H2,1H3;4-13H,3H2,1-2H3;2-12H,1H3;8H,1-4H2;1-2H3;1H3;1H3,(H,3,4);1H4;/q;;;;;-1;;;+1. The van der Waals surface area contributed by atoms with Gasteiger partial charge in [-0.1, -0.05) is 19.6 Å². The van der Waals surface area contributed by atoms with Gasteiger partial charge in [-0.05, 0) is 193 Å². The van der Waals surface area contributed by atoms with E-state index in [4.69, 9.17) is 29.6 Å². The van der Waals surface area contributed by atoms with Crippen LogP contribution in [0.15, 0.2) is 183 Å². The Kier molecular flexibility index (Phi) is 33.1. The molecule has 14 rings (SSSR count). The zero-order chi connectivity index (χ0) is 77.2. The number of aromatic nitrogens is 12. The number of fused-ring (bicyclic) bond motifs is 3. The van der Waals surface area contributed by atoms with Gasteiger partial charge in [0.25, 0.3) is 17.8 Å². The van der Waals surface area contributed by atoms with Crippen LogP contribution in [0.1, 0.15) is 111 Å². The molecular weight excluding hydrogens is 1420 g/mol. The normalized spacial score (nSPS) is 13.0. The summed E-state index contributed by atoms with van der Waals surface area (Å²) in [6.45, 7) is 14.3. The molecule has 2 N–H and O–H groups in total. The number of piperidine rings is 2. The predicted molar refractivity (Wildman–Crippen MR) is 399 cm³/mol. The Morgan fingerprint density at radius 3 is 1.21 bits per heavy atom. The summed E-state index contributed by atoms with van der Waals surface area (Å²) in [5.74, 6) is -5.39. The molecule has 0 spiro atoms. The van der Waals surface area contributed by atoms with Gasteiger partial charge in [-0.3, -0.25) is 47.9 Å². The molecule has 25 nitrogen and oxygen atoms in total. The number of imidazole rings is 3. The molecule has 0 bridgehead atoms. The maximum Gasteiger partial charge on any atom is 1.00 e.